The van der Waals surface area contributed by atoms with E-state index in [4.69, 9.17) is 9.47 Å². The van der Waals surface area contributed by atoms with Gasteiger partial charge in [0.1, 0.15) is 5.75 Å². The van der Waals surface area contributed by atoms with Crippen LogP contribution in [0.15, 0.2) is 60.7 Å². The fourth-order valence-electron chi connectivity index (χ4n) is 3.23. The average molecular weight is 374 g/mol. The lowest BCUT2D eigenvalue weighted by Gasteiger charge is -2.14. The van der Waals surface area contributed by atoms with Crippen LogP contribution in [0.25, 0.3) is 11.3 Å². The monoisotopic (exact) mass is 374 g/mol. The molecule has 0 bridgehead atoms. The lowest BCUT2D eigenvalue weighted by atomic mass is 10.0. The molecule has 0 atom stereocenters. The minimum absolute atomic E-state index is 0.282. The number of aromatic nitrogens is 1. The number of imide groups is 1. The summed E-state index contributed by atoms with van der Waals surface area (Å²) in [6.07, 6.45) is 0. The van der Waals surface area contributed by atoms with Gasteiger partial charge in [-0.3, -0.25) is 9.59 Å². The van der Waals surface area contributed by atoms with Crippen LogP contribution in [0.3, 0.4) is 0 Å². The highest BCUT2D eigenvalue weighted by atomic mass is 16.5. The van der Waals surface area contributed by atoms with Crippen LogP contribution in [-0.4, -0.2) is 30.5 Å². The van der Waals surface area contributed by atoms with Gasteiger partial charge in [0, 0.05) is 11.6 Å². The summed E-state index contributed by atoms with van der Waals surface area (Å²) in [5, 5.41) is 0. The summed E-state index contributed by atoms with van der Waals surface area (Å²) in [7, 11) is 1.48. The minimum atomic E-state index is -0.404. The molecule has 4 rings (SSSR count). The molecule has 1 aliphatic rings. The van der Waals surface area contributed by atoms with Crippen molar-refractivity contribution < 1.29 is 19.1 Å². The molecule has 6 nitrogen and oxygen atoms in total. The molecule has 3 aromatic rings. The Kier molecular flexibility index (Phi) is 4.53. The molecule has 6 heteroatoms. The van der Waals surface area contributed by atoms with E-state index in [1.165, 1.54) is 13.2 Å². The zero-order chi connectivity index (χ0) is 19.7. The van der Waals surface area contributed by atoms with Gasteiger partial charge in [-0.2, -0.15) is 0 Å². The lowest BCUT2D eigenvalue weighted by molar-refractivity contribution is 0.0926. The number of carbonyl (C=O) groups excluding carboxylic acids is 2. The topological polar surface area (TPSA) is 68.7 Å². The molecule has 0 aliphatic carbocycles. The van der Waals surface area contributed by atoms with Gasteiger partial charge in [-0.15, -0.1) is 0 Å². The molecule has 2 amide bonds. The van der Waals surface area contributed by atoms with Gasteiger partial charge in [0.25, 0.3) is 11.8 Å². The first-order valence-electron chi connectivity index (χ1n) is 8.90. The molecule has 0 spiro atoms. The molecule has 1 aromatic heterocycles. The third-order valence-electron chi connectivity index (χ3n) is 4.51. The van der Waals surface area contributed by atoms with E-state index in [1.807, 2.05) is 37.3 Å². The number of carbonyl (C=O) groups is 2. The fourth-order valence-corrected chi connectivity index (χ4v) is 3.23. The van der Waals surface area contributed by atoms with E-state index in [9.17, 15) is 9.59 Å². The second kappa shape index (κ2) is 7.15. The van der Waals surface area contributed by atoms with Crippen LogP contribution in [-0.2, 0) is 0 Å². The van der Waals surface area contributed by atoms with Crippen LogP contribution in [0.1, 0.15) is 27.6 Å². The predicted molar refractivity (Wildman–Crippen MR) is 105 cm³/mol. The summed E-state index contributed by atoms with van der Waals surface area (Å²) in [6, 6.07) is 17.7. The van der Waals surface area contributed by atoms with Crippen molar-refractivity contribution >= 4 is 17.5 Å². The summed E-state index contributed by atoms with van der Waals surface area (Å²) in [6.45, 7) is 2.43. The van der Waals surface area contributed by atoms with Gasteiger partial charge in [0.05, 0.1) is 36.2 Å². The standard InChI is InChI=1S/C22H18N2O4/c1-3-28-16-11-9-15(10-12-16)24-21(25)17-13-18(27-2)23-20(19(17)22(24)26)14-7-5-4-6-8-14/h4-13H,3H2,1-2H3. The maximum absolute atomic E-state index is 13.2. The SMILES string of the molecule is CCOc1ccc(N2C(=O)c3cc(OC)nc(-c4ccccc4)c3C2=O)cc1. The van der Waals surface area contributed by atoms with E-state index in [0.717, 1.165) is 10.5 Å². The maximum atomic E-state index is 13.2. The summed E-state index contributed by atoms with van der Waals surface area (Å²) in [5.41, 5.74) is 2.22. The minimum Gasteiger partial charge on any atom is -0.494 e. The molecule has 140 valence electrons. The molecular weight excluding hydrogens is 356 g/mol. The van der Waals surface area contributed by atoms with Crippen molar-refractivity contribution in [2.75, 3.05) is 18.6 Å². The van der Waals surface area contributed by atoms with E-state index >= 15 is 0 Å². The number of amides is 2. The first-order valence-corrected chi connectivity index (χ1v) is 8.90. The number of methoxy groups -OCH3 is 1. The van der Waals surface area contributed by atoms with Crippen LogP contribution in [0.2, 0.25) is 0 Å². The Morgan fingerprint density at radius 3 is 2.32 bits per heavy atom. The number of anilines is 1. The fraction of sp³-hybridized carbons (Fsp3) is 0.136. The maximum Gasteiger partial charge on any atom is 0.268 e. The van der Waals surface area contributed by atoms with Gasteiger partial charge >= 0.3 is 0 Å². The quantitative estimate of drug-likeness (QED) is 0.633. The highest BCUT2D eigenvalue weighted by molar-refractivity contribution is 6.36. The third kappa shape index (κ3) is 2.89. The van der Waals surface area contributed by atoms with Crippen LogP contribution >= 0.6 is 0 Å². The molecule has 0 fully saturated rings. The summed E-state index contributed by atoms with van der Waals surface area (Å²) >= 11 is 0. The summed E-state index contributed by atoms with van der Waals surface area (Å²) < 4.78 is 10.7. The molecular formula is C22H18N2O4. The molecule has 2 aromatic carbocycles. The molecule has 0 N–H and O–H groups in total. The van der Waals surface area contributed by atoms with Gasteiger partial charge in [-0.25, -0.2) is 9.88 Å². The van der Waals surface area contributed by atoms with Crippen LogP contribution < -0.4 is 14.4 Å². The number of hydrogen-bond acceptors (Lipinski definition) is 5. The molecule has 2 heterocycles. The zero-order valence-corrected chi connectivity index (χ0v) is 15.5. The second-order valence-corrected chi connectivity index (χ2v) is 6.17. The van der Waals surface area contributed by atoms with Crippen molar-refractivity contribution in [3.05, 3.63) is 71.8 Å². The number of nitrogens with zero attached hydrogens (tertiary/aromatic N) is 2. The van der Waals surface area contributed by atoms with Gasteiger partial charge in [0.2, 0.25) is 5.88 Å². The number of pyridine rings is 1. The van der Waals surface area contributed by atoms with Crippen molar-refractivity contribution in [1.82, 2.24) is 4.98 Å². The van der Waals surface area contributed by atoms with Crippen molar-refractivity contribution in [1.29, 1.82) is 0 Å². The van der Waals surface area contributed by atoms with Crippen LogP contribution in [0.4, 0.5) is 5.69 Å². The number of rotatable bonds is 5. The van der Waals surface area contributed by atoms with E-state index in [-0.39, 0.29) is 17.0 Å². The molecule has 28 heavy (non-hydrogen) atoms. The van der Waals surface area contributed by atoms with Gasteiger partial charge < -0.3 is 9.47 Å². The van der Waals surface area contributed by atoms with E-state index < -0.39 is 11.8 Å². The third-order valence-corrected chi connectivity index (χ3v) is 4.51. The Bertz CT molecular complexity index is 1050. The Balaban J connectivity index is 1.82. The first-order chi connectivity index (χ1) is 13.6. The van der Waals surface area contributed by atoms with Gasteiger partial charge in [-0.05, 0) is 31.2 Å². The second-order valence-electron chi connectivity index (χ2n) is 6.17. The summed E-state index contributed by atoms with van der Waals surface area (Å²) in [5.74, 6) is 0.156. The Hall–Kier alpha value is -3.67. The first kappa shape index (κ1) is 17.7. The largest absolute Gasteiger partial charge is 0.494 e. The van der Waals surface area contributed by atoms with Crippen molar-refractivity contribution in [3.8, 4) is 22.9 Å². The predicted octanol–water partition coefficient (Wildman–Crippen LogP) is 3.96. The highest BCUT2D eigenvalue weighted by Crippen LogP contribution is 2.36. The Morgan fingerprint density at radius 1 is 0.964 bits per heavy atom. The average Bonchev–Trinajstić information content (AvgIpc) is 2.99. The van der Waals surface area contributed by atoms with Crippen LogP contribution in [0, 0.1) is 0 Å². The molecule has 0 unspecified atom stereocenters. The number of fused-ring (bicyclic) bond motifs is 1. The number of benzene rings is 2. The molecule has 1 aliphatic heterocycles. The van der Waals surface area contributed by atoms with E-state index in [0.29, 0.717) is 23.7 Å². The summed E-state index contributed by atoms with van der Waals surface area (Å²) in [4.78, 5) is 31.9. The molecule has 0 saturated heterocycles. The van der Waals surface area contributed by atoms with Gasteiger partial charge in [-0.1, -0.05) is 30.3 Å². The van der Waals surface area contributed by atoms with Crippen molar-refractivity contribution in [3.63, 3.8) is 0 Å². The van der Waals surface area contributed by atoms with E-state index in [1.54, 1.807) is 24.3 Å². The zero-order valence-electron chi connectivity index (χ0n) is 15.5. The van der Waals surface area contributed by atoms with E-state index in [2.05, 4.69) is 4.98 Å². The molecule has 0 radical (unpaired) electrons. The Labute approximate surface area is 162 Å². The number of hydrogen-bond donors (Lipinski definition) is 0. The van der Waals surface area contributed by atoms with Crippen LogP contribution in [0.5, 0.6) is 11.6 Å². The smallest absolute Gasteiger partial charge is 0.268 e. The van der Waals surface area contributed by atoms with Crippen molar-refractivity contribution in [2.45, 2.75) is 6.92 Å². The lowest BCUT2D eigenvalue weighted by Crippen LogP contribution is -2.29. The van der Waals surface area contributed by atoms with Gasteiger partial charge in [0.15, 0.2) is 0 Å². The van der Waals surface area contributed by atoms with Crippen molar-refractivity contribution in [2.24, 2.45) is 0 Å². The highest BCUT2D eigenvalue weighted by Gasteiger charge is 2.40. The number of ether oxygens (including phenoxy) is 2. The Morgan fingerprint density at radius 2 is 1.68 bits per heavy atom. The molecule has 0 saturated carbocycles. The normalized spacial score (nSPS) is 12.9.